The summed E-state index contributed by atoms with van der Waals surface area (Å²) in [5, 5.41) is 38.5. The van der Waals surface area contributed by atoms with Crippen molar-refractivity contribution in [2.45, 2.75) is 0 Å². The lowest BCUT2D eigenvalue weighted by atomic mass is 10.0. The van der Waals surface area contributed by atoms with E-state index < -0.39 is 0 Å². The summed E-state index contributed by atoms with van der Waals surface area (Å²) in [7, 11) is 0. The van der Waals surface area contributed by atoms with E-state index in [-0.39, 0.29) is 11.1 Å². The molecule has 3 aromatic carbocycles. The van der Waals surface area contributed by atoms with Gasteiger partial charge in [0.2, 0.25) is 0 Å². The van der Waals surface area contributed by atoms with Crippen LogP contribution in [0.25, 0.3) is 55.7 Å². The van der Waals surface area contributed by atoms with E-state index in [9.17, 15) is 21.0 Å². The van der Waals surface area contributed by atoms with Crippen LogP contribution in [0.15, 0.2) is 71.8 Å². The van der Waals surface area contributed by atoms with Crippen molar-refractivity contribution in [3.8, 4) is 46.8 Å². The average molecular weight is 482 g/mol. The zero-order valence-corrected chi connectivity index (χ0v) is 19.4. The van der Waals surface area contributed by atoms with Crippen molar-refractivity contribution in [2.75, 3.05) is 0 Å². The van der Waals surface area contributed by atoms with Gasteiger partial charge in [0.05, 0.1) is 44.8 Å². The van der Waals surface area contributed by atoms with E-state index in [0.717, 1.165) is 22.3 Å². The molecule has 38 heavy (non-hydrogen) atoms. The van der Waals surface area contributed by atoms with Crippen molar-refractivity contribution in [2.24, 2.45) is 0 Å². The van der Waals surface area contributed by atoms with Crippen molar-refractivity contribution >= 4 is 33.2 Å². The predicted molar refractivity (Wildman–Crippen MR) is 138 cm³/mol. The minimum Gasteiger partial charge on any atom is -0.244 e. The van der Waals surface area contributed by atoms with Gasteiger partial charge in [-0.05, 0) is 23.3 Å². The first kappa shape index (κ1) is 21.1. The Kier molecular flexibility index (Phi) is 4.24. The third-order valence-electron chi connectivity index (χ3n) is 6.77. The first-order chi connectivity index (χ1) is 18.7. The van der Waals surface area contributed by atoms with Gasteiger partial charge in [0.15, 0.2) is 0 Å². The molecule has 0 aliphatic heterocycles. The molecule has 8 heteroatoms. The molecule has 170 valence electrons. The maximum Gasteiger partial charge on any atom is 0.139 e. The topological polar surface area (TPSA) is 147 Å². The summed E-state index contributed by atoms with van der Waals surface area (Å²) < 4.78 is 0. The first-order valence-corrected chi connectivity index (χ1v) is 11.5. The van der Waals surface area contributed by atoms with Crippen molar-refractivity contribution < 1.29 is 0 Å². The minimum atomic E-state index is -0.0232. The smallest absolute Gasteiger partial charge is 0.139 e. The summed E-state index contributed by atoms with van der Waals surface area (Å²) in [5.74, 6) is 0. The van der Waals surface area contributed by atoms with E-state index in [4.69, 9.17) is 19.9 Å². The summed E-state index contributed by atoms with van der Waals surface area (Å²) in [6, 6.07) is 26.5. The largest absolute Gasteiger partial charge is 0.244 e. The molecule has 2 heterocycles. The van der Waals surface area contributed by atoms with Gasteiger partial charge in [-0.15, -0.1) is 0 Å². The molecule has 0 amide bonds. The van der Waals surface area contributed by atoms with E-state index in [0.29, 0.717) is 56.0 Å². The molecule has 5 aromatic rings. The van der Waals surface area contributed by atoms with Crippen LogP contribution in [0.3, 0.4) is 0 Å². The summed E-state index contributed by atoms with van der Waals surface area (Å²) >= 11 is 0. The third kappa shape index (κ3) is 2.69. The van der Waals surface area contributed by atoms with E-state index in [1.807, 2.05) is 72.8 Å². The van der Waals surface area contributed by atoms with E-state index in [1.54, 1.807) is 12.1 Å². The van der Waals surface area contributed by atoms with Crippen LogP contribution in [0.4, 0.5) is 0 Å². The highest BCUT2D eigenvalue weighted by molar-refractivity contribution is 6.06. The lowest BCUT2D eigenvalue weighted by Gasteiger charge is -2.07. The molecule has 0 saturated carbocycles. The van der Waals surface area contributed by atoms with Crippen molar-refractivity contribution in [3.05, 3.63) is 94.3 Å². The number of fused-ring (bicyclic) bond motifs is 8. The number of aromatic nitrogens is 4. The van der Waals surface area contributed by atoms with Gasteiger partial charge >= 0.3 is 0 Å². The van der Waals surface area contributed by atoms with E-state index in [2.05, 4.69) is 0 Å². The van der Waals surface area contributed by atoms with Gasteiger partial charge in [0.25, 0.3) is 0 Å². The summed E-state index contributed by atoms with van der Waals surface area (Å²) in [5.41, 5.74) is 8.32. The van der Waals surface area contributed by atoms with Crippen LogP contribution in [-0.2, 0) is 0 Å². The van der Waals surface area contributed by atoms with E-state index >= 15 is 0 Å². The Morgan fingerprint density at radius 3 is 1.11 bits per heavy atom. The Morgan fingerprint density at radius 1 is 0.447 bits per heavy atom. The highest BCUT2D eigenvalue weighted by atomic mass is 14.9. The van der Waals surface area contributed by atoms with Crippen LogP contribution in [0, 0.1) is 45.3 Å². The van der Waals surface area contributed by atoms with Crippen LogP contribution in [0.5, 0.6) is 0 Å². The molecule has 2 aromatic heterocycles. The molecule has 0 fully saturated rings. The molecule has 0 saturated heterocycles. The molecule has 0 bridgehead atoms. The zero-order valence-electron chi connectivity index (χ0n) is 19.4. The molecule has 0 radical (unpaired) electrons. The molecule has 8 nitrogen and oxygen atoms in total. The SMILES string of the molecule is N#CC(C#N)=C1c2ccccc2-c2nc3cc4nc5c(nc4cc3nc21)-c1ccccc1C5=C(C#N)C#N. The number of allylic oxidation sites excluding steroid dienone is 2. The molecular weight excluding hydrogens is 472 g/mol. The third-order valence-corrected chi connectivity index (χ3v) is 6.77. The van der Waals surface area contributed by atoms with Gasteiger partial charge in [-0.3, -0.25) is 0 Å². The summed E-state index contributed by atoms with van der Waals surface area (Å²) in [6.45, 7) is 0. The fraction of sp³-hybridized carbons (Fsp3) is 0. The van der Waals surface area contributed by atoms with Gasteiger partial charge in [-0.2, -0.15) is 21.0 Å². The molecular formula is C30H10N8. The lowest BCUT2D eigenvalue weighted by Crippen LogP contribution is -1.98. The molecule has 0 spiro atoms. The van der Waals surface area contributed by atoms with Crippen molar-refractivity contribution in [1.29, 1.82) is 21.0 Å². The van der Waals surface area contributed by atoms with Crippen LogP contribution in [0.1, 0.15) is 22.5 Å². The second kappa shape index (κ2) is 7.64. The number of benzene rings is 3. The normalized spacial score (nSPS) is 12.0. The molecule has 2 aliphatic rings. The minimum absolute atomic E-state index is 0.0232. The number of rotatable bonds is 0. The fourth-order valence-electron chi connectivity index (χ4n) is 5.18. The van der Waals surface area contributed by atoms with Gasteiger partial charge < -0.3 is 0 Å². The van der Waals surface area contributed by atoms with Gasteiger partial charge in [-0.25, -0.2) is 19.9 Å². The Morgan fingerprint density at radius 2 is 0.763 bits per heavy atom. The number of nitriles is 4. The van der Waals surface area contributed by atoms with Crippen LogP contribution >= 0.6 is 0 Å². The highest BCUT2D eigenvalue weighted by Gasteiger charge is 2.31. The van der Waals surface area contributed by atoms with Gasteiger partial charge in [0, 0.05) is 22.3 Å². The summed E-state index contributed by atoms with van der Waals surface area (Å²) in [4.78, 5) is 19.4. The van der Waals surface area contributed by atoms with Crippen molar-refractivity contribution in [1.82, 2.24) is 19.9 Å². The zero-order chi connectivity index (χ0) is 26.0. The Labute approximate surface area is 215 Å². The van der Waals surface area contributed by atoms with E-state index in [1.165, 1.54) is 0 Å². The lowest BCUT2D eigenvalue weighted by molar-refractivity contribution is 1.25. The van der Waals surface area contributed by atoms with Crippen molar-refractivity contribution in [3.63, 3.8) is 0 Å². The van der Waals surface area contributed by atoms with Crippen LogP contribution < -0.4 is 0 Å². The maximum absolute atomic E-state index is 9.62. The number of hydrogen-bond donors (Lipinski definition) is 0. The molecule has 2 aliphatic carbocycles. The van der Waals surface area contributed by atoms with Gasteiger partial charge in [0.1, 0.15) is 35.4 Å². The van der Waals surface area contributed by atoms with Crippen LogP contribution in [-0.4, -0.2) is 19.9 Å². The molecule has 0 atom stereocenters. The molecule has 0 unspecified atom stereocenters. The fourth-order valence-corrected chi connectivity index (χ4v) is 5.18. The van der Waals surface area contributed by atoms with Gasteiger partial charge in [-0.1, -0.05) is 48.5 Å². The van der Waals surface area contributed by atoms with Crippen LogP contribution in [0.2, 0.25) is 0 Å². The first-order valence-electron chi connectivity index (χ1n) is 11.5. The highest BCUT2D eigenvalue weighted by Crippen LogP contribution is 2.46. The second-order valence-electron chi connectivity index (χ2n) is 8.71. The Balaban J connectivity index is 1.54. The number of hydrogen-bond acceptors (Lipinski definition) is 8. The second-order valence-corrected chi connectivity index (χ2v) is 8.71. The standard InChI is InChI=1S/C30H10N8/c31-11-15(12-32)25-17-5-1-3-7-19(17)27-29(25)37-23-10-22-24(9-21(23)35-27)38-30-26(16(13-33)14-34)18-6-2-4-8-20(18)28(30)36-22/h1-10H. The Hall–Kier alpha value is -6.22. The quantitative estimate of drug-likeness (QED) is 0.211. The summed E-state index contributed by atoms with van der Waals surface area (Å²) in [6.07, 6.45) is 0. The number of nitrogens with zero attached hydrogens (tertiary/aromatic N) is 8. The molecule has 0 N–H and O–H groups in total. The predicted octanol–water partition coefficient (Wildman–Crippen LogP) is 5.23. The monoisotopic (exact) mass is 482 g/mol. The maximum atomic E-state index is 9.62. The molecule has 7 rings (SSSR count). The average Bonchev–Trinajstić information content (AvgIpc) is 3.44. The Bertz CT molecular complexity index is 1990.